The predicted molar refractivity (Wildman–Crippen MR) is 60.0 cm³/mol. The number of rotatable bonds is 1. The standard InChI is InChI=1S/C11H10N2OS/c14-11-8(3-4-12-11)7-1-2-9-10(5-7)15-6-13-9/h1-2,5-6,8H,3-4H2,(H,12,14). The number of nitrogens with zero attached hydrogens (tertiary/aromatic N) is 1. The van der Waals surface area contributed by atoms with Crippen LogP contribution in [0.4, 0.5) is 0 Å². The highest BCUT2D eigenvalue weighted by molar-refractivity contribution is 7.16. The molecule has 0 radical (unpaired) electrons. The number of nitrogens with one attached hydrogen (secondary N) is 1. The summed E-state index contributed by atoms with van der Waals surface area (Å²) in [6.07, 6.45) is 0.906. The van der Waals surface area contributed by atoms with Gasteiger partial charge in [0, 0.05) is 6.54 Å². The second kappa shape index (κ2) is 3.31. The van der Waals surface area contributed by atoms with E-state index in [-0.39, 0.29) is 11.8 Å². The van der Waals surface area contributed by atoms with Gasteiger partial charge in [0.05, 0.1) is 21.6 Å². The first-order valence-corrected chi connectivity index (χ1v) is 5.83. The number of hydrogen-bond acceptors (Lipinski definition) is 3. The quantitative estimate of drug-likeness (QED) is 0.794. The minimum absolute atomic E-state index is 0.0384. The monoisotopic (exact) mass is 218 g/mol. The lowest BCUT2D eigenvalue weighted by Gasteiger charge is -2.06. The van der Waals surface area contributed by atoms with Crippen LogP contribution >= 0.6 is 11.3 Å². The van der Waals surface area contributed by atoms with Gasteiger partial charge in [-0.1, -0.05) is 6.07 Å². The first kappa shape index (κ1) is 8.85. The zero-order valence-electron chi connectivity index (χ0n) is 8.06. The van der Waals surface area contributed by atoms with Gasteiger partial charge in [-0.3, -0.25) is 4.79 Å². The van der Waals surface area contributed by atoms with Crippen LogP contribution in [-0.4, -0.2) is 17.4 Å². The highest BCUT2D eigenvalue weighted by atomic mass is 32.1. The zero-order chi connectivity index (χ0) is 10.3. The summed E-state index contributed by atoms with van der Waals surface area (Å²) in [5.74, 6) is 0.190. The van der Waals surface area contributed by atoms with Gasteiger partial charge in [0.25, 0.3) is 0 Å². The van der Waals surface area contributed by atoms with E-state index in [9.17, 15) is 4.79 Å². The van der Waals surface area contributed by atoms with Crippen molar-refractivity contribution in [1.29, 1.82) is 0 Å². The molecule has 1 fully saturated rings. The average Bonchev–Trinajstić information content (AvgIpc) is 2.84. The van der Waals surface area contributed by atoms with Crippen LogP contribution < -0.4 is 5.32 Å². The molecule has 15 heavy (non-hydrogen) atoms. The molecule has 1 N–H and O–H groups in total. The van der Waals surface area contributed by atoms with E-state index in [1.807, 2.05) is 17.6 Å². The Morgan fingerprint density at radius 2 is 2.40 bits per heavy atom. The van der Waals surface area contributed by atoms with Crippen LogP contribution in [0.25, 0.3) is 10.2 Å². The van der Waals surface area contributed by atoms with Crippen molar-refractivity contribution in [1.82, 2.24) is 10.3 Å². The topological polar surface area (TPSA) is 42.0 Å². The highest BCUT2D eigenvalue weighted by Gasteiger charge is 2.25. The lowest BCUT2D eigenvalue weighted by molar-refractivity contribution is -0.120. The van der Waals surface area contributed by atoms with Gasteiger partial charge in [-0.05, 0) is 24.1 Å². The average molecular weight is 218 g/mol. The summed E-state index contributed by atoms with van der Waals surface area (Å²) in [7, 11) is 0. The minimum atomic E-state index is 0.0384. The molecular weight excluding hydrogens is 208 g/mol. The van der Waals surface area contributed by atoms with Crippen LogP contribution in [0.5, 0.6) is 0 Å². The summed E-state index contributed by atoms with van der Waals surface area (Å²) in [5, 5.41) is 2.86. The summed E-state index contributed by atoms with van der Waals surface area (Å²) >= 11 is 1.62. The Kier molecular flexibility index (Phi) is 1.95. The number of amides is 1. The van der Waals surface area contributed by atoms with Gasteiger partial charge in [-0.2, -0.15) is 0 Å². The third kappa shape index (κ3) is 1.41. The zero-order valence-corrected chi connectivity index (χ0v) is 8.88. The molecule has 0 bridgehead atoms. The van der Waals surface area contributed by atoms with Crippen LogP contribution in [0.15, 0.2) is 23.7 Å². The Bertz CT molecular complexity index is 520. The molecule has 0 aliphatic carbocycles. The molecule has 1 aliphatic heterocycles. The van der Waals surface area contributed by atoms with E-state index in [1.165, 1.54) is 0 Å². The molecule has 1 saturated heterocycles. The highest BCUT2D eigenvalue weighted by Crippen LogP contribution is 2.27. The molecule has 4 heteroatoms. The number of aromatic nitrogens is 1. The van der Waals surface area contributed by atoms with Crippen LogP contribution in [0.3, 0.4) is 0 Å². The summed E-state index contributed by atoms with van der Waals surface area (Å²) < 4.78 is 1.16. The molecule has 1 aromatic carbocycles. The second-order valence-electron chi connectivity index (χ2n) is 3.71. The molecule has 76 valence electrons. The van der Waals surface area contributed by atoms with Gasteiger partial charge in [0.15, 0.2) is 0 Å². The van der Waals surface area contributed by atoms with E-state index in [1.54, 1.807) is 11.3 Å². The lowest BCUT2D eigenvalue weighted by atomic mass is 9.98. The normalized spacial score (nSPS) is 20.8. The minimum Gasteiger partial charge on any atom is -0.356 e. The Labute approximate surface area is 91.1 Å². The number of carbonyl (C=O) groups is 1. The van der Waals surface area contributed by atoms with Crippen molar-refractivity contribution in [2.45, 2.75) is 12.3 Å². The lowest BCUT2D eigenvalue weighted by Crippen LogP contribution is -2.17. The van der Waals surface area contributed by atoms with Crippen molar-refractivity contribution < 1.29 is 4.79 Å². The van der Waals surface area contributed by atoms with Crippen LogP contribution in [0.2, 0.25) is 0 Å². The first-order chi connectivity index (χ1) is 7.34. The van der Waals surface area contributed by atoms with Crippen molar-refractivity contribution in [2.75, 3.05) is 6.54 Å². The van der Waals surface area contributed by atoms with E-state index < -0.39 is 0 Å². The molecule has 2 heterocycles. The Morgan fingerprint density at radius 1 is 1.47 bits per heavy atom. The fraction of sp³-hybridized carbons (Fsp3) is 0.273. The fourth-order valence-corrected chi connectivity index (χ4v) is 2.73. The van der Waals surface area contributed by atoms with Gasteiger partial charge in [-0.25, -0.2) is 4.98 Å². The first-order valence-electron chi connectivity index (χ1n) is 4.95. The third-order valence-electron chi connectivity index (χ3n) is 2.81. The van der Waals surface area contributed by atoms with E-state index in [0.29, 0.717) is 0 Å². The summed E-state index contributed by atoms with van der Waals surface area (Å²) in [6, 6.07) is 6.09. The van der Waals surface area contributed by atoms with Crippen molar-refractivity contribution >= 4 is 27.5 Å². The van der Waals surface area contributed by atoms with E-state index >= 15 is 0 Å². The van der Waals surface area contributed by atoms with E-state index in [0.717, 1.165) is 28.7 Å². The Balaban J connectivity index is 2.06. The van der Waals surface area contributed by atoms with Crippen LogP contribution in [0, 0.1) is 0 Å². The van der Waals surface area contributed by atoms with Crippen molar-refractivity contribution in [3.05, 3.63) is 29.3 Å². The van der Waals surface area contributed by atoms with Gasteiger partial charge in [0.1, 0.15) is 0 Å². The van der Waals surface area contributed by atoms with E-state index in [2.05, 4.69) is 16.4 Å². The summed E-state index contributed by atoms with van der Waals surface area (Å²) in [4.78, 5) is 15.7. The summed E-state index contributed by atoms with van der Waals surface area (Å²) in [5.41, 5.74) is 3.97. The molecular formula is C11H10N2OS. The maximum absolute atomic E-state index is 11.5. The number of benzene rings is 1. The van der Waals surface area contributed by atoms with E-state index in [4.69, 9.17) is 0 Å². The Morgan fingerprint density at radius 3 is 3.20 bits per heavy atom. The Hall–Kier alpha value is -1.42. The van der Waals surface area contributed by atoms with Crippen LogP contribution in [0.1, 0.15) is 17.9 Å². The maximum Gasteiger partial charge on any atom is 0.227 e. The molecule has 3 rings (SSSR count). The number of carbonyl (C=O) groups excluding carboxylic acids is 1. The molecule has 1 amide bonds. The molecule has 1 unspecified atom stereocenters. The van der Waals surface area contributed by atoms with Gasteiger partial charge in [-0.15, -0.1) is 11.3 Å². The SMILES string of the molecule is O=C1NCCC1c1ccc2ncsc2c1. The number of fused-ring (bicyclic) bond motifs is 1. The molecule has 0 saturated carbocycles. The molecule has 0 spiro atoms. The number of hydrogen-bond donors (Lipinski definition) is 1. The van der Waals surface area contributed by atoms with Crippen molar-refractivity contribution in [3.63, 3.8) is 0 Å². The molecule has 1 aliphatic rings. The maximum atomic E-state index is 11.5. The second-order valence-corrected chi connectivity index (χ2v) is 4.60. The smallest absolute Gasteiger partial charge is 0.227 e. The number of thiazole rings is 1. The summed E-state index contributed by atoms with van der Waals surface area (Å²) in [6.45, 7) is 0.796. The third-order valence-corrected chi connectivity index (χ3v) is 3.60. The van der Waals surface area contributed by atoms with Crippen LogP contribution in [-0.2, 0) is 4.79 Å². The van der Waals surface area contributed by atoms with Crippen molar-refractivity contribution in [2.24, 2.45) is 0 Å². The molecule has 1 atom stereocenters. The molecule has 1 aromatic heterocycles. The van der Waals surface area contributed by atoms with Gasteiger partial charge < -0.3 is 5.32 Å². The van der Waals surface area contributed by atoms with Gasteiger partial charge in [0.2, 0.25) is 5.91 Å². The fourth-order valence-electron chi connectivity index (χ4n) is 2.00. The predicted octanol–water partition coefficient (Wildman–Crippen LogP) is 1.90. The molecule has 3 nitrogen and oxygen atoms in total. The molecule has 2 aromatic rings. The largest absolute Gasteiger partial charge is 0.356 e. The van der Waals surface area contributed by atoms with Crippen molar-refractivity contribution in [3.8, 4) is 0 Å². The van der Waals surface area contributed by atoms with Gasteiger partial charge >= 0.3 is 0 Å².